The van der Waals surface area contributed by atoms with Crippen molar-refractivity contribution in [2.45, 2.75) is 18.4 Å². The Kier molecular flexibility index (Phi) is 5.16. The van der Waals surface area contributed by atoms with E-state index in [0.29, 0.717) is 18.2 Å². The van der Waals surface area contributed by atoms with Gasteiger partial charge in [0, 0.05) is 7.05 Å². The number of thiophene rings is 1. The lowest BCUT2D eigenvalue weighted by atomic mass is 10.3. The van der Waals surface area contributed by atoms with Crippen LogP contribution in [0.2, 0.25) is 0 Å². The first-order chi connectivity index (χ1) is 12.0. The molecular formula is C16H17N3O4S2. The standard InChI is InChI=1S/C16H17N3O4S2/c1-3-22-12-6-8-13(9-7-12)25(20,21)19(2)11-15-17-16(18-23-15)14-5-4-10-24-14/h4-10H,3,11H2,1-2H3. The molecule has 0 spiro atoms. The molecule has 3 rings (SSSR count). The number of nitrogens with zero attached hydrogens (tertiary/aromatic N) is 3. The van der Waals surface area contributed by atoms with E-state index in [4.69, 9.17) is 9.26 Å². The first kappa shape index (κ1) is 17.6. The molecule has 1 aromatic carbocycles. The summed E-state index contributed by atoms with van der Waals surface area (Å²) in [7, 11) is -2.19. The van der Waals surface area contributed by atoms with Crippen LogP contribution < -0.4 is 4.74 Å². The van der Waals surface area contributed by atoms with Crippen LogP contribution in [0.3, 0.4) is 0 Å². The van der Waals surface area contributed by atoms with Crippen LogP contribution >= 0.6 is 11.3 Å². The zero-order chi connectivity index (χ0) is 17.9. The molecule has 0 atom stereocenters. The van der Waals surface area contributed by atoms with E-state index in [1.165, 1.54) is 34.8 Å². The maximum Gasteiger partial charge on any atom is 0.243 e. The highest BCUT2D eigenvalue weighted by Crippen LogP contribution is 2.23. The molecule has 0 bridgehead atoms. The van der Waals surface area contributed by atoms with E-state index in [2.05, 4.69) is 10.1 Å². The van der Waals surface area contributed by atoms with Crippen LogP contribution in [-0.2, 0) is 16.6 Å². The molecule has 0 radical (unpaired) electrons. The van der Waals surface area contributed by atoms with Crippen molar-refractivity contribution in [2.24, 2.45) is 0 Å². The fourth-order valence-corrected chi connectivity index (χ4v) is 3.92. The van der Waals surface area contributed by atoms with Crippen molar-refractivity contribution in [2.75, 3.05) is 13.7 Å². The Morgan fingerprint density at radius 2 is 2.00 bits per heavy atom. The topological polar surface area (TPSA) is 85.5 Å². The molecule has 3 aromatic rings. The Morgan fingerprint density at radius 3 is 2.64 bits per heavy atom. The molecule has 0 fully saturated rings. The van der Waals surface area contributed by atoms with Gasteiger partial charge in [-0.15, -0.1) is 11.3 Å². The smallest absolute Gasteiger partial charge is 0.243 e. The van der Waals surface area contributed by atoms with Crippen LogP contribution in [-0.4, -0.2) is 36.5 Å². The normalized spacial score (nSPS) is 11.8. The number of sulfonamides is 1. The Balaban J connectivity index is 1.74. The van der Waals surface area contributed by atoms with Gasteiger partial charge in [0.05, 0.1) is 22.9 Å². The number of benzene rings is 1. The van der Waals surface area contributed by atoms with Gasteiger partial charge in [-0.3, -0.25) is 0 Å². The van der Waals surface area contributed by atoms with Crippen molar-refractivity contribution in [3.63, 3.8) is 0 Å². The van der Waals surface area contributed by atoms with Crippen LogP contribution in [0.5, 0.6) is 5.75 Å². The average molecular weight is 379 g/mol. The summed E-state index contributed by atoms with van der Waals surface area (Å²) in [5.41, 5.74) is 0. The summed E-state index contributed by atoms with van der Waals surface area (Å²) < 4.78 is 36.9. The summed E-state index contributed by atoms with van der Waals surface area (Å²) in [5.74, 6) is 1.32. The third-order valence-electron chi connectivity index (χ3n) is 3.41. The fourth-order valence-electron chi connectivity index (χ4n) is 2.15. The molecule has 25 heavy (non-hydrogen) atoms. The van der Waals surface area contributed by atoms with E-state index in [-0.39, 0.29) is 17.3 Å². The number of ether oxygens (including phenoxy) is 1. The highest BCUT2D eigenvalue weighted by atomic mass is 32.2. The lowest BCUT2D eigenvalue weighted by Crippen LogP contribution is -2.26. The summed E-state index contributed by atoms with van der Waals surface area (Å²) in [6.45, 7) is 2.39. The number of aromatic nitrogens is 2. The SMILES string of the molecule is CCOc1ccc(S(=O)(=O)N(C)Cc2nc(-c3cccs3)no2)cc1. The molecule has 0 saturated carbocycles. The first-order valence-corrected chi connectivity index (χ1v) is 9.88. The third-order valence-corrected chi connectivity index (χ3v) is 6.09. The fraction of sp³-hybridized carbons (Fsp3) is 0.250. The van der Waals surface area contributed by atoms with Gasteiger partial charge in [0.25, 0.3) is 0 Å². The molecule has 132 valence electrons. The van der Waals surface area contributed by atoms with Crippen molar-refractivity contribution in [1.82, 2.24) is 14.4 Å². The van der Waals surface area contributed by atoms with Crippen LogP contribution in [0.4, 0.5) is 0 Å². The quantitative estimate of drug-likeness (QED) is 0.627. The second-order valence-electron chi connectivity index (χ2n) is 5.15. The maximum absolute atomic E-state index is 12.6. The highest BCUT2D eigenvalue weighted by molar-refractivity contribution is 7.89. The van der Waals surface area contributed by atoms with Crippen molar-refractivity contribution < 1.29 is 17.7 Å². The van der Waals surface area contributed by atoms with E-state index in [9.17, 15) is 8.42 Å². The van der Waals surface area contributed by atoms with Crippen molar-refractivity contribution >= 4 is 21.4 Å². The van der Waals surface area contributed by atoms with Crippen LogP contribution in [0.25, 0.3) is 10.7 Å². The highest BCUT2D eigenvalue weighted by Gasteiger charge is 2.23. The van der Waals surface area contributed by atoms with Gasteiger partial charge in [0.1, 0.15) is 5.75 Å². The van der Waals surface area contributed by atoms with Gasteiger partial charge in [-0.05, 0) is 42.6 Å². The van der Waals surface area contributed by atoms with Gasteiger partial charge in [0.2, 0.25) is 21.7 Å². The number of hydrogen-bond donors (Lipinski definition) is 0. The minimum atomic E-state index is -3.66. The summed E-state index contributed by atoms with van der Waals surface area (Å²) in [6, 6.07) is 10.1. The molecule has 0 aliphatic heterocycles. The van der Waals surface area contributed by atoms with Gasteiger partial charge in [-0.1, -0.05) is 11.2 Å². The predicted molar refractivity (Wildman–Crippen MR) is 93.9 cm³/mol. The molecule has 0 aliphatic carbocycles. The number of hydrogen-bond acceptors (Lipinski definition) is 7. The van der Waals surface area contributed by atoms with Gasteiger partial charge in [-0.2, -0.15) is 9.29 Å². The Morgan fingerprint density at radius 1 is 1.24 bits per heavy atom. The van der Waals surface area contributed by atoms with Crippen molar-refractivity contribution in [3.8, 4) is 16.5 Å². The molecule has 0 amide bonds. The minimum Gasteiger partial charge on any atom is -0.494 e. The third kappa shape index (κ3) is 3.89. The van der Waals surface area contributed by atoms with Gasteiger partial charge >= 0.3 is 0 Å². The Hall–Kier alpha value is -2.23. The summed E-state index contributed by atoms with van der Waals surface area (Å²) >= 11 is 1.49. The van der Waals surface area contributed by atoms with Gasteiger partial charge in [-0.25, -0.2) is 8.42 Å². The van der Waals surface area contributed by atoms with Crippen LogP contribution in [0.15, 0.2) is 51.2 Å². The molecule has 9 heteroatoms. The molecule has 0 unspecified atom stereocenters. The molecule has 7 nitrogen and oxygen atoms in total. The Bertz CT molecular complexity index is 919. The molecule has 2 aromatic heterocycles. The lowest BCUT2D eigenvalue weighted by molar-refractivity contribution is 0.336. The minimum absolute atomic E-state index is 0.00603. The second-order valence-corrected chi connectivity index (χ2v) is 8.15. The molecule has 0 N–H and O–H groups in total. The van der Waals surface area contributed by atoms with Gasteiger partial charge < -0.3 is 9.26 Å². The van der Waals surface area contributed by atoms with Crippen LogP contribution in [0.1, 0.15) is 12.8 Å². The lowest BCUT2D eigenvalue weighted by Gasteiger charge is -2.15. The monoisotopic (exact) mass is 379 g/mol. The summed E-state index contributed by atoms with van der Waals surface area (Å²) in [5, 5.41) is 5.80. The van der Waals surface area contributed by atoms with E-state index >= 15 is 0 Å². The molecule has 2 heterocycles. The number of rotatable bonds is 7. The zero-order valence-corrected chi connectivity index (χ0v) is 15.4. The van der Waals surface area contributed by atoms with E-state index < -0.39 is 10.0 Å². The predicted octanol–water partition coefficient (Wildman–Crippen LogP) is 3.02. The maximum atomic E-state index is 12.6. The molecule has 0 aliphatic rings. The first-order valence-electron chi connectivity index (χ1n) is 7.56. The zero-order valence-electron chi connectivity index (χ0n) is 13.7. The van der Waals surface area contributed by atoms with Crippen LogP contribution in [0, 0.1) is 0 Å². The second kappa shape index (κ2) is 7.34. The summed E-state index contributed by atoms with van der Waals surface area (Å²) in [4.78, 5) is 5.29. The van der Waals surface area contributed by atoms with E-state index in [1.807, 2.05) is 24.4 Å². The van der Waals surface area contributed by atoms with Gasteiger partial charge in [0.15, 0.2) is 0 Å². The largest absolute Gasteiger partial charge is 0.494 e. The van der Waals surface area contributed by atoms with E-state index in [0.717, 1.165) is 4.88 Å². The molecular weight excluding hydrogens is 362 g/mol. The van der Waals surface area contributed by atoms with Crippen molar-refractivity contribution in [3.05, 3.63) is 47.7 Å². The van der Waals surface area contributed by atoms with Crippen molar-refractivity contribution in [1.29, 1.82) is 0 Å². The Labute approximate surface area is 149 Å². The summed E-state index contributed by atoms with van der Waals surface area (Å²) in [6.07, 6.45) is 0. The van der Waals surface area contributed by atoms with E-state index in [1.54, 1.807) is 12.1 Å². The average Bonchev–Trinajstić information content (AvgIpc) is 3.27. The molecule has 0 saturated heterocycles.